The molecule has 0 saturated heterocycles. The van der Waals surface area contributed by atoms with E-state index in [0.29, 0.717) is 5.02 Å². The smallest absolute Gasteiger partial charge is 0.316 e. The molecule has 146 valence electrons. The molecule has 1 aliphatic heterocycles. The molecule has 2 aromatic carbocycles. The zero-order valence-corrected chi connectivity index (χ0v) is 17.6. The van der Waals surface area contributed by atoms with Crippen LogP contribution in [0.1, 0.15) is 19.4 Å². The van der Waals surface area contributed by atoms with E-state index in [1.165, 1.54) is 17.3 Å². The minimum absolute atomic E-state index is 0.141. The van der Waals surface area contributed by atoms with Crippen molar-refractivity contribution < 1.29 is 14.3 Å². The number of thioether (sulfide) groups is 1. The number of allylic oxidation sites excluding steroid dienone is 1. The van der Waals surface area contributed by atoms with E-state index in [-0.39, 0.29) is 23.6 Å². The van der Waals surface area contributed by atoms with Crippen molar-refractivity contribution in [1.82, 2.24) is 0 Å². The number of rotatable bonds is 6. The van der Waals surface area contributed by atoms with E-state index >= 15 is 0 Å². The van der Waals surface area contributed by atoms with Gasteiger partial charge in [0.15, 0.2) is 12.4 Å². The summed E-state index contributed by atoms with van der Waals surface area (Å²) >= 11 is 7.19. The average molecular weight is 416 g/mol. The second-order valence-electron chi connectivity index (χ2n) is 7.10. The first-order valence-corrected chi connectivity index (χ1v) is 10.3. The molecule has 4 nitrogen and oxygen atoms in total. The lowest BCUT2D eigenvalue weighted by atomic mass is 9.83. The van der Waals surface area contributed by atoms with Crippen LogP contribution < -0.4 is 4.90 Å². The number of ether oxygens (including phenoxy) is 1. The van der Waals surface area contributed by atoms with Crippen LogP contribution in [0.4, 0.5) is 5.69 Å². The molecule has 3 rings (SSSR count). The van der Waals surface area contributed by atoms with Crippen LogP contribution in [0.15, 0.2) is 65.2 Å². The third kappa shape index (κ3) is 4.42. The van der Waals surface area contributed by atoms with Crippen molar-refractivity contribution in [3.63, 3.8) is 0 Å². The fraction of sp³-hybridized carbons (Fsp3) is 0.273. The number of para-hydroxylation sites is 1. The first-order chi connectivity index (χ1) is 13.3. The van der Waals surface area contributed by atoms with Gasteiger partial charge in [0.05, 0.1) is 5.75 Å². The molecule has 1 heterocycles. The molecule has 0 aromatic heterocycles. The van der Waals surface area contributed by atoms with E-state index in [4.69, 9.17) is 16.3 Å². The number of hydrogen-bond acceptors (Lipinski definition) is 5. The maximum absolute atomic E-state index is 12.4. The molecule has 0 amide bonds. The summed E-state index contributed by atoms with van der Waals surface area (Å²) in [6.45, 7) is 3.91. The summed E-state index contributed by atoms with van der Waals surface area (Å²) in [7, 11) is 1.95. The number of carbonyl (C=O) groups is 2. The highest BCUT2D eigenvalue weighted by Crippen LogP contribution is 2.46. The highest BCUT2D eigenvalue weighted by Gasteiger charge is 2.38. The van der Waals surface area contributed by atoms with Gasteiger partial charge >= 0.3 is 5.97 Å². The molecule has 0 fully saturated rings. The molecule has 0 spiro atoms. The lowest BCUT2D eigenvalue weighted by Gasteiger charge is -2.23. The van der Waals surface area contributed by atoms with Crippen molar-refractivity contribution in [3.8, 4) is 0 Å². The number of carbonyl (C=O) groups excluding carboxylic acids is 2. The Labute approximate surface area is 174 Å². The summed E-state index contributed by atoms with van der Waals surface area (Å²) in [6, 6.07) is 15.3. The van der Waals surface area contributed by atoms with Crippen molar-refractivity contribution in [2.45, 2.75) is 24.2 Å². The van der Waals surface area contributed by atoms with Gasteiger partial charge in [0.1, 0.15) is 0 Å². The number of esters is 1. The highest BCUT2D eigenvalue weighted by atomic mass is 35.5. The van der Waals surface area contributed by atoms with Gasteiger partial charge in [0.2, 0.25) is 0 Å². The van der Waals surface area contributed by atoms with Crippen LogP contribution in [0.3, 0.4) is 0 Å². The third-order valence-corrected chi connectivity index (χ3v) is 6.02. The molecule has 0 saturated carbocycles. The van der Waals surface area contributed by atoms with Gasteiger partial charge < -0.3 is 9.64 Å². The minimum Gasteiger partial charge on any atom is -0.457 e. The highest BCUT2D eigenvalue weighted by molar-refractivity contribution is 8.00. The van der Waals surface area contributed by atoms with E-state index in [2.05, 4.69) is 19.9 Å². The van der Waals surface area contributed by atoms with Crippen LogP contribution in [0, 0.1) is 0 Å². The van der Waals surface area contributed by atoms with E-state index in [0.717, 1.165) is 16.3 Å². The number of anilines is 1. The fourth-order valence-electron chi connectivity index (χ4n) is 3.32. The van der Waals surface area contributed by atoms with Gasteiger partial charge in [0, 0.05) is 39.8 Å². The Morgan fingerprint density at radius 1 is 1.14 bits per heavy atom. The monoisotopic (exact) mass is 415 g/mol. The maximum atomic E-state index is 12.4. The Bertz CT molecular complexity index is 922. The molecular weight excluding hydrogens is 394 g/mol. The number of fused-ring (bicyclic) bond motifs is 1. The van der Waals surface area contributed by atoms with Gasteiger partial charge in [-0.25, -0.2) is 0 Å². The molecule has 2 aromatic rings. The topological polar surface area (TPSA) is 46.6 Å². The largest absolute Gasteiger partial charge is 0.457 e. The fourth-order valence-corrected chi connectivity index (χ4v) is 4.14. The molecule has 28 heavy (non-hydrogen) atoms. The molecule has 0 aliphatic carbocycles. The molecule has 0 N–H and O–H groups in total. The number of likely N-dealkylation sites (N-methyl/N-ethyl adjacent to an activating group) is 1. The van der Waals surface area contributed by atoms with Crippen molar-refractivity contribution in [1.29, 1.82) is 0 Å². The summed E-state index contributed by atoms with van der Waals surface area (Å²) in [5, 5.41) is 0.646. The van der Waals surface area contributed by atoms with Crippen LogP contribution in [0.2, 0.25) is 5.02 Å². The molecule has 0 unspecified atom stereocenters. The lowest BCUT2D eigenvalue weighted by Crippen LogP contribution is -2.25. The molecular formula is C22H22ClNO3S. The van der Waals surface area contributed by atoms with E-state index in [1.54, 1.807) is 18.2 Å². The number of hydrogen-bond donors (Lipinski definition) is 0. The molecule has 1 aliphatic rings. The number of nitrogens with zero attached hydrogens (tertiary/aromatic N) is 1. The lowest BCUT2D eigenvalue weighted by molar-refractivity contribution is -0.144. The number of ketones is 1. The van der Waals surface area contributed by atoms with E-state index in [9.17, 15) is 9.59 Å². The normalized spacial score (nSPS) is 16.1. The predicted molar refractivity (Wildman–Crippen MR) is 114 cm³/mol. The van der Waals surface area contributed by atoms with Crippen molar-refractivity contribution in [2.75, 3.05) is 24.3 Å². The summed E-state index contributed by atoms with van der Waals surface area (Å²) in [5.41, 5.74) is 2.87. The van der Waals surface area contributed by atoms with Crippen LogP contribution in [-0.4, -0.2) is 31.2 Å². The van der Waals surface area contributed by atoms with Crippen LogP contribution >= 0.6 is 23.4 Å². The van der Waals surface area contributed by atoms with Gasteiger partial charge in [-0.1, -0.05) is 43.6 Å². The van der Waals surface area contributed by atoms with Crippen molar-refractivity contribution in [3.05, 3.63) is 70.9 Å². The van der Waals surface area contributed by atoms with Crippen LogP contribution in [-0.2, 0) is 19.7 Å². The Morgan fingerprint density at radius 2 is 1.82 bits per heavy atom. The zero-order chi connectivity index (χ0) is 20.3. The number of halogens is 1. The molecule has 0 bridgehead atoms. The standard InChI is InChI=1S/C22H22ClNO3S/c1-22(2)18-6-4-5-7-19(18)24(3)20(22)12-16(25)13-27-21(26)14-28-17-10-8-15(23)9-11-17/h4-12H,13-14H2,1-3H3. The minimum atomic E-state index is -0.422. The first kappa shape index (κ1) is 20.5. The predicted octanol–water partition coefficient (Wildman–Crippen LogP) is 4.86. The molecule has 6 heteroatoms. The SMILES string of the molecule is CN1C(=CC(=O)COC(=O)CSc2ccc(Cl)cc2)C(C)(C)c2ccccc21. The van der Waals surface area contributed by atoms with Crippen LogP contribution in [0.5, 0.6) is 0 Å². The Hall–Kier alpha value is -2.24. The van der Waals surface area contributed by atoms with Gasteiger partial charge in [-0.2, -0.15) is 0 Å². The third-order valence-electron chi connectivity index (χ3n) is 4.78. The summed E-state index contributed by atoms with van der Waals surface area (Å²) in [5.74, 6) is -0.510. The zero-order valence-electron chi connectivity index (χ0n) is 16.1. The maximum Gasteiger partial charge on any atom is 0.316 e. The number of benzene rings is 2. The van der Waals surface area contributed by atoms with Gasteiger partial charge in [-0.3, -0.25) is 9.59 Å². The Kier molecular flexibility index (Phi) is 6.16. The van der Waals surface area contributed by atoms with Gasteiger partial charge in [-0.05, 0) is 35.9 Å². The van der Waals surface area contributed by atoms with Crippen molar-refractivity contribution >= 4 is 40.8 Å². The Morgan fingerprint density at radius 3 is 2.50 bits per heavy atom. The second kappa shape index (κ2) is 8.41. The second-order valence-corrected chi connectivity index (χ2v) is 8.59. The summed E-state index contributed by atoms with van der Waals surface area (Å²) in [6.07, 6.45) is 1.58. The molecule has 0 atom stereocenters. The summed E-state index contributed by atoms with van der Waals surface area (Å²) < 4.78 is 5.14. The van der Waals surface area contributed by atoms with Crippen LogP contribution in [0.25, 0.3) is 0 Å². The van der Waals surface area contributed by atoms with E-state index in [1.807, 2.05) is 42.3 Å². The first-order valence-electron chi connectivity index (χ1n) is 8.91. The van der Waals surface area contributed by atoms with Gasteiger partial charge in [-0.15, -0.1) is 11.8 Å². The van der Waals surface area contributed by atoms with Crippen molar-refractivity contribution in [2.24, 2.45) is 0 Å². The quantitative estimate of drug-likeness (QED) is 0.383. The Balaban J connectivity index is 1.56. The van der Waals surface area contributed by atoms with Gasteiger partial charge in [0.25, 0.3) is 0 Å². The van der Waals surface area contributed by atoms with E-state index < -0.39 is 5.97 Å². The molecule has 0 radical (unpaired) electrons. The average Bonchev–Trinajstić information content (AvgIpc) is 2.87. The summed E-state index contributed by atoms with van der Waals surface area (Å²) in [4.78, 5) is 27.3.